The number of rotatable bonds is 0. The molecule has 1 heterocycles. The van der Waals surface area contributed by atoms with Crippen LogP contribution in [0.1, 0.15) is 5.56 Å². The van der Waals surface area contributed by atoms with E-state index in [4.69, 9.17) is 4.65 Å². The molecule has 0 aromatic heterocycles. The SMILES string of the molecule is CB1Oc2c(C)cccc2N1C. The Morgan fingerprint density at radius 1 is 1.42 bits per heavy atom. The molecule has 0 unspecified atom stereocenters. The van der Waals surface area contributed by atoms with Gasteiger partial charge in [-0.25, -0.2) is 0 Å². The van der Waals surface area contributed by atoms with Gasteiger partial charge in [0.05, 0.1) is 5.69 Å². The Bertz CT molecular complexity index is 313. The van der Waals surface area contributed by atoms with Gasteiger partial charge in [-0.2, -0.15) is 0 Å². The largest absolute Gasteiger partial charge is 0.540 e. The molecule has 1 aliphatic heterocycles. The standard InChI is InChI=1S/C9H12BNO/c1-7-5-4-6-8-9(7)12-10(2)11(8)3/h4-6H,1-3H3. The van der Waals surface area contributed by atoms with Gasteiger partial charge in [-0.05, 0) is 32.4 Å². The number of para-hydroxylation sites is 1. The van der Waals surface area contributed by atoms with E-state index in [0.717, 1.165) is 5.75 Å². The minimum atomic E-state index is 0.168. The van der Waals surface area contributed by atoms with Gasteiger partial charge in [-0.3, -0.25) is 0 Å². The van der Waals surface area contributed by atoms with Gasteiger partial charge in [-0.15, -0.1) is 0 Å². The Morgan fingerprint density at radius 2 is 2.17 bits per heavy atom. The molecular formula is C9H12BNO. The van der Waals surface area contributed by atoms with E-state index in [1.165, 1.54) is 11.3 Å². The summed E-state index contributed by atoms with van der Waals surface area (Å²) in [5.41, 5.74) is 2.41. The predicted octanol–water partition coefficient (Wildman–Crippen LogP) is 1.94. The molecule has 0 N–H and O–H groups in total. The summed E-state index contributed by atoms with van der Waals surface area (Å²) in [4.78, 5) is 2.14. The smallest absolute Gasteiger partial charge is 0.479 e. The van der Waals surface area contributed by atoms with Crippen LogP contribution in [0.25, 0.3) is 0 Å². The number of hydrogen-bond acceptors (Lipinski definition) is 2. The summed E-state index contributed by atoms with van der Waals surface area (Å²) in [5, 5.41) is 0. The van der Waals surface area contributed by atoms with Crippen LogP contribution in [0, 0.1) is 6.92 Å². The van der Waals surface area contributed by atoms with E-state index in [2.05, 4.69) is 43.8 Å². The third-order valence-corrected chi connectivity index (χ3v) is 2.40. The topological polar surface area (TPSA) is 12.5 Å². The van der Waals surface area contributed by atoms with Gasteiger partial charge in [0.15, 0.2) is 0 Å². The molecule has 0 aliphatic carbocycles. The maximum Gasteiger partial charge on any atom is 0.479 e. The van der Waals surface area contributed by atoms with E-state index >= 15 is 0 Å². The summed E-state index contributed by atoms with van der Waals surface area (Å²) < 4.78 is 5.68. The molecule has 1 aliphatic rings. The fourth-order valence-electron chi connectivity index (χ4n) is 1.51. The van der Waals surface area contributed by atoms with Gasteiger partial charge in [0, 0.05) is 0 Å². The highest BCUT2D eigenvalue weighted by molar-refractivity contribution is 6.57. The van der Waals surface area contributed by atoms with E-state index in [1.807, 2.05) is 0 Å². The average molecular weight is 161 g/mol. The number of benzene rings is 1. The van der Waals surface area contributed by atoms with E-state index < -0.39 is 0 Å². The molecule has 62 valence electrons. The van der Waals surface area contributed by atoms with Crippen molar-refractivity contribution >= 4 is 12.7 Å². The first-order valence-electron chi connectivity index (χ1n) is 4.19. The van der Waals surface area contributed by atoms with Gasteiger partial charge >= 0.3 is 7.05 Å². The normalized spacial score (nSPS) is 14.6. The Labute approximate surface area is 73.3 Å². The minimum absolute atomic E-state index is 0.168. The Kier molecular flexibility index (Phi) is 1.53. The zero-order valence-corrected chi connectivity index (χ0v) is 7.66. The number of hydrogen-bond donors (Lipinski definition) is 0. The highest BCUT2D eigenvalue weighted by atomic mass is 16.5. The molecule has 0 saturated heterocycles. The van der Waals surface area contributed by atoms with Crippen molar-refractivity contribution in [3.63, 3.8) is 0 Å². The Morgan fingerprint density at radius 3 is 2.83 bits per heavy atom. The molecule has 1 aromatic rings. The summed E-state index contributed by atoms with van der Waals surface area (Å²) in [6.07, 6.45) is 0. The van der Waals surface area contributed by atoms with Gasteiger partial charge in [0.2, 0.25) is 0 Å². The zero-order chi connectivity index (χ0) is 8.72. The van der Waals surface area contributed by atoms with Crippen molar-refractivity contribution in [1.82, 2.24) is 0 Å². The maximum atomic E-state index is 5.68. The zero-order valence-electron chi connectivity index (χ0n) is 7.66. The second kappa shape index (κ2) is 2.44. The lowest BCUT2D eigenvalue weighted by atomic mass is 9.86. The third kappa shape index (κ3) is 0.892. The third-order valence-electron chi connectivity index (χ3n) is 2.40. The van der Waals surface area contributed by atoms with Crippen LogP contribution >= 0.6 is 0 Å². The number of fused-ring (bicyclic) bond motifs is 1. The first-order chi connectivity index (χ1) is 5.70. The summed E-state index contributed by atoms with van der Waals surface area (Å²) in [6, 6.07) is 6.22. The van der Waals surface area contributed by atoms with E-state index in [0.29, 0.717) is 0 Å². The van der Waals surface area contributed by atoms with Gasteiger partial charge in [-0.1, -0.05) is 12.1 Å². The number of anilines is 1. The highest BCUT2D eigenvalue weighted by Gasteiger charge is 2.29. The van der Waals surface area contributed by atoms with E-state index in [-0.39, 0.29) is 7.05 Å². The van der Waals surface area contributed by atoms with Gasteiger partial charge < -0.3 is 9.47 Å². The van der Waals surface area contributed by atoms with Crippen LogP contribution in [-0.2, 0) is 0 Å². The molecule has 2 rings (SSSR count). The Balaban J connectivity index is 2.53. The predicted molar refractivity (Wildman–Crippen MR) is 51.8 cm³/mol. The maximum absolute atomic E-state index is 5.68. The lowest BCUT2D eigenvalue weighted by Gasteiger charge is -2.11. The van der Waals surface area contributed by atoms with E-state index in [1.54, 1.807) is 0 Å². The monoisotopic (exact) mass is 161 g/mol. The van der Waals surface area contributed by atoms with Crippen LogP contribution in [0.4, 0.5) is 5.69 Å². The van der Waals surface area contributed by atoms with Crippen molar-refractivity contribution < 1.29 is 4.65 Å². The first-order valence-corrected chi connectivity index (χ1v) is 4.19. The molecule has 1 aromatic carbocycles. The number of aryl methyl sites for hydroxylation is 1. The minimum Gasteiger partial charge on any atom is -0.540 e. The molecular weight excluding hydrogens is 149 g/mol. The van der Waals surface area contributed by atoms with Crippen molar-refractivity contribution in [1.29, 1.82) is 0 Å². The number of nitrogens with zero attached hydrogens (tertiary/aromatic N) is 1. The fraction of sp³-hybridized carbons (Fsp3) is 0.333. The highest BCUT2D eigenvalue weighted by Crippen LogP contribution is 2.36. The fourth-order valence-corrected chi connectivity index (χ4v) is 1.51. The van der Waals surface area contributed by atoms with Crippen LogP contribution in [-0.4, -0.2) is 14.1 Å². The molecule has 0 bridgehead atoms. The first kappa shape index (κ1) is 7.53. The molecule has 0 atom stereocenters. The van der Waals surface area contributed by atoms with Crippen LogP contribution < -0.4 is 9.47 Å². The molecule has 3 heteroatoms. The van der Waals surface area contributed by atoms with E-state index in [9.17, 15) is 0 Å². The summed E-state index contributed by atoms with van der Waals surface area (Å²) in [6.45, 7) is 4.13. The van der Waals surface area contributed by atoms with Crippen molar-refractivity contribution in [3.05, 3.63) is 23.8 Å². The summed E-state index contributed by atoms with van der Waals surface area (Å²) in [7, 11) is 2.22. The quantitative estimate of drug-likeness (QED) is 0.539. The molecule has 0 saturated carbocycles. The van der Waals surface area contributed by atoms with Crippen molar-refractivity contribution in [3.8, 4) is 5.75 Å². The lowest BCUT2D eigenvalue weighted by molar-refractivity contribution is 0.592. The van der Waals surface area contributed by atoms with Crippen molar-refractivity contribution in [2.24, 2.45) is 0 Å². The van der Waals surface area contributed by atoms with Crippen LogP contribution in [0.3, 0.4) is 0 Å². The van der Waals surface area contributed by atoms with Crippen LogP contribution in [0.5, 0.6) is 5.75 Å². The molecule has 0 spiro atoms. The van der Waals surface area contributed by atoms with Crippen LogP contribution in [0.2, 0.25) is 6.82 Å². The van der Waals surface area contributed by atoms with Gasteiger partial charge in [0.1, 0.15) is 5.75 Å². The van der Waals surface area contributed by atoms with Crippen LogP contribution in [0.15, 0.2) is 18.2 Å². The average Bonchev–Trinajstić information content (AvgIpc) is 2.32. The molecule has 0 amide bonds. The Hall–Kier alpha value is -1.12. The second-order valence-electron chi connectivity index (χ2n) is 3.25. The summed E-state index contributed by atoms with van der Waals surface area (Å²) in [5.74, 6) is 1.03. The summed E-state index contributed by atoms with van der Waals surface area (Å²) >= 11 is 0. The van der Waals surface area contributed by atoms with Gasteiger partial charge in [0.25, 0.3) is 0 Å². The van der Waals surface area contributed by atoms with Crippen molar-refractivity contribution in [2.45, 2.75) is 13.7 Å². The molecule has 2 nitrogen and oxygen atoms in total. The molecule has 0 fully saturated rings. The molecule has 12 heavy (non-hydrogen) atoms. The van der Waals surface area contributed by atoms with Crippen molar-refractivity contribution in [2.75, 3.05) is 11.9 Å². The second-order valence-corrected chi connectivity index (χ2v) is 3.25. The molecule has 0 radical (unpaired) electrons. The lowest BCUT2D eigenvalue weighted by Crippen LogP contribution is -2.32.